The Bertz CT molecular complexity index is 567. The molecule has 4 nitrogen and oxygen atoms in total. The summed E-state index contributed by atoms with van der Waals surface area (Å²) in [5, 5.41) is 1.12. The summed E-state index contributed by atoms with van der Waals surface area (Å²) in [7, 11) is 0. The van der Waals surface area contributed by atoms with E-state index in [-0.39, 0.29) is 6.04 Å². The maximum absolute atomic E-state index is 6.06. The first-order chi connectivity index (χ1) is 8.74. The van der Waals surface area contributed by atoms with Crippen LogP contribution in [-0.2, 0) is 0 Å². The van der Waals surface area contributed by atoms with Gasteiger partial charge in [-0.3, -0.25) is 0 Å². The highest BCUT2D eigenvalue weighted by atomic mass is 15.2. The smallest absolute Gasteiger partial charge is 0.140 e. The Labute approximate surface area is 107 Å². The molecule has 0 amide bonds. The summed E-state index contributed by atoms with van der Waals surface area (Å²) in [4.78, 5) is 11.4. The van der Waals surface area contributed by atoms with Crippen molar-refractivity contribution in [3.8, 4) is 0 Å². The molecule has 94 valence electrons. The molecule has 2 aromatic rings. The number of piperidine rings is 1. The van der Waals surface area contributed by atoms with Crippen molar-refractivity contribution in [1.82, 2.24) is 9.97 Å². The fraction of sp³-hybridized carbons (Fsp3) is 0.429. The van der Waals surface area contributed by atoms with Crippen molar-refractivity contribution in [3.63, 3.8) is 0 Å². The molecule has 1 fully saturated rings. The van der Waals surface area contributed by atoms with Crippen LogP contribution >= 0.6 is 0 Å². The first-order valence-corrected chi connectivity index (χ1v) is 6.48. The molecule has 0 saturated carbocycles. The molecular weight excluding hydrogens is 224 g/mol. The lowest BCUT2D eigenvalue weighted by Crippen LogP contribution is -2.43. The van der Waals surface area contributed by atoms with Crippen LogP contribution in [0.5, 0.6) is 0 Å². The number of nitrogens with two attached hydrogens (primary N) is 1. The van der Waals surface area contributed by atoms with E-state index in [1.165, 1.54) is 0 Å². The van der Waals surface area contributed by atoms with Crippen LogP contribution in [0, 0.1) is 6.92 Å². The molecule has 1 atom stereocenters. The number of para-hydroxylation sites is 1. The number of hydrogen-bond acceptors (Lipinski definition) is 4. The van der Waals surface area contributed by atoms with Gasteiger partial charge in [0.25, 0.3) is 0 Å². The number of nitrogens with zero attached hydrogens (tertiary/aromatic N) is 3. The zero-order chi connectivity index (χ0) is 12.5. The van der Waals surface area contributed by atoms with Gasteiger partial charge in [0.1, 0.15) is 11.6 Å². The van der Waals surface area contributed by atoms with E-state index in [1.807, 2.05) is 25.1 Å². The second kappa shape index (κ2) is 4.53. The Balaban J connectivity index is 2.09. The van der Waals surface area contributed by atoms with Crippen molar-refractivity contribution < 1.29 is 0 Å². The van der Waals surface area contributed by atoms with E-state index in [0.717, 1.165) is 48.5 Å². The summed E-state index contributed by atoms with van der Waals surface area (Å²) in [6.45, 7) is 3.87. The molecular formula is C14H18N4. The highest BCUT2D eigenvalue weighted by Crippen LogP contribution is 2.25. The number of anilines is 1. The maximum Gasteiger partial charge on any atom is 0.140 e. The number of fused-ring (bicyclic) bond motifs is 1. The van der Waals surface area contributed by atoms with E-state index in [4.69, 9.17) is 5.73 Å². The Hall–Kier alpha value is -1.68. The molecule has 4 heteroatoms. The molecule has 0 unspecified atom stereocenters. The molecule has 0 aliphatic carbocycles. The highest BCUT2D eigenvalue weighted by molar-refractivity contribution is 5.89. The van der Waals surface area contributed by atoms with Crippen LogP contribution in [0.4, 0.5) is 5.82 Å². The Morgan fingerprint density at radius 1 is 1.28 bits per heavy atom. The minimum absolute atomic E-state index is 0.257. The highest BCUT2D eigenvalue weighted by Gasteiger charge is 2.20. The fourth-order valence-electron chi connectivity index (χ4n) is 2.62. The van der Waals surface area contributed by atoms with Crippen molar-refractivity contribution in [2.45, 2.75) is 25.8 Å². The van der Waals surface area contributed by atoms with Crippen molar-refractivity contribution in [1.29, 1.82) is 0 Å². The Kier molecular flexibility index (Phi) is 2.88. The molecule has 0 spiro atoms. The SMILES string of the molecule is Cc1nc(N2CCC[C@@H](N)C2)c2ccccc2n1. The lowest BCUT2D eigenvalue weighted by atomic mass is 10.1. The summed E-state index contributed by atoms with van der Waals surface area (Å²) < 4.78 is 0. The lowest BCUT2D eigenvalue weighted by molar-refractivity contribution is 0.504. The van der Waals surface area contributed by atoms with Crippen molar-refractivity contribution in [2.75, 3.05) is 18.0 Å². The summed E-state index contributed by atoms with van der Waals surface area (Å²) in [5.41, 5.74) is 7.07. The van der Waals surface area contributed by atoms with Gasteiger partial charge in [0.2, 0.25) is 0 Å². The van der Waals surface area contributed by atoms with Crippen LogP contribution in [0.25, 0.3) is 10.9 Å². The molecule has 0 bridgehead atoms. The van der Waals surface area contributed by atoms with Crippen LogP contribution in [0.1, 0.15) is 18.7 Å². The van der Waals surface area contributed by atoms with Gasteiger partial charge in [0.15, 0.2) is 0 Å². The topological polar surface area (TPSA) is 55.0 Å². The summed E-state index contributed by atoms with van der Waals surface area (Å²) in [6, 6.07) is 8.43. The number of benzene rings is 1. The predicted octanol–water partition coefficient (Wildman–Crippen LogP) is 1.87. The van der Waals surface area contributed by atoms with Crippen molar-refractivity contribution in [3.05, 3.63) is 30.1 Å². The molecule has 1 aliphatic heterocycles. The third kappa shape index (κ3) is 2.04. The van der Waals surface area contributed by atoms with Crippen LogP contribution in [0.3, 0.4) is 0 Å². The minimum atomic E-state index is 0.257. The van der Waals surface area contributed by atoms with E-state index >= 15 is 0 Å². The van der Waals surface area contributed by atoms with Gasteiger partial charge in [0.05, 0.1) is 5.52 Å². The first-order valence-electron chi connectivity index (χ1n) is 6.48. The molecule has 2 N–H and O–H groups in total. The van der Waals surface area contributed by atoms with Gasteiger partial charge in [-0.2, -0.15) is 0 Å². The van der Waals surface area contributed by atoms with Crippen LogP contribution in [0.2, 0.25) is 0 Å². The second-order valence-electron chi connectivity index (χ2n) is 4.96. The zero-order valence-corrected chi connectivity index (χ0v) is 10.6. The normalized spacial score (nSPS) is 20.3. The third-order valence-electron chi connectivity index (χ3n) is 3.45. The standard InChI is InChI=1S/C14H18N4/c1-10-16-13-7-3-2-6-12(13)14(17-10)18-8-4-5-11(15)9-18/h2-3,6-7,11H,4-5,8-9,15H2,1H3/t11-/m1/s1. The molecule has 1 aromatic heterocycles. The number of aromatic nitrogens is 2. The summed E-state index contributed by atoms with van der Waals surface area (Å²) >= 11 is 0. The average Bonchev–Trinajstić information content (AvgIpc) is 2.37. The Morgan fingerprint density at radius 2 is 2.11 bits per heavy atom. The van der Waals surface area contributed by atoms with E-state index in [0.29, 0.717) is 0 Å². The average molecular weight is 242 g/mol. The van der Waals surface area contributed by atoms with Crippen LogP contribution in [0.15, 0.2) is 24.3 Å². The van der Waals surface area contributed by atoms with Crippen LogP contribution in [-0.4, -0.2) is 29.1 Å². The summed E-state index contributed by atoms with van der Waals surface area (Å²) in [6.07, 6.45) is 2.25. The van der Waals surface area contributed by atoms with Crippen LogP contribution < -0.4 is 10.6 Å². The minimum Gasteiger partial charge on any atom is -0.354 e. The molecule has 3 rings (SSSR count). The van der Waals surface area contributed by atoms with E-state index in [2.05, 4.69) is 20.9 Å². The van der Waals surface area contributed by atoms with Crippen molar-refractivity contribution >= 4 is 16.7 Å². The van der Waals surface area contributed by atoms with Gasteiger partial charge in [-0.15, -0.1) is 0 Å². The molecule has 1 aromatic carbocycles. The second-order valence-corrected chi connectivity index (χ2v) is 4.96. The quantitative estimate of drug-likeness (QED) is 0.829. The van der Waals surface area contributed by atoms with E-state index < -0.39 is 0 Å². The third-order valence-corrected chi connectivity index (χ3v) is 3.45. The fourth-order valence-corrected chi connectivity index (χ4v) is 2.62. The number of hydrogen-bond donors (Lipinski definition) is 1. The van der Waals surface area contributed by atoms with Gasteiger partial charge >= 0.3 is 0 Å². The zero-order valence-electron chi connectivity index (χ0n) is 10.6. The molecule has 2 heterocycles. The number of rotatable bonds is 1. The lowest BCUT2D eigenvalue weighted by Gasteiger charge is -2.32. The molecule has 0 radical (unpaired) electrons. The van der Waals surface area contributed by atoms with E-state index in [9.17, 15) is 0 Å². The first kappa shape index (κ1) is 11.4. The molecule has 1 saturated heterocycles. The van der Waals surface area contributed by atoms with Gasteiger partial charge in [-0.25, -0.2) is 9.97 Å². The largest absolute Gasteiger partial charge is 0.354 e. The maximum atomic E-state index is 6.06. The van der Waals surface area contributed by atoms with Gasteiger partial charge in [-0.05, 0) is 31.9 Å². The van der Waals surface area contributed by atoms with E-state index in [1.54, 1.807) is 0 Å². The van der Waals surface area contributed by atoms with Gasteiger partial charge in [0, 0.05) is 24.5 Å². The molecule has 1 aliphatic rings. The molecule has 18 heavy (non-hydrogen) atoms. The predicted molar refractivity (Wildman–Crippen MR) is 73.7 cm³/mol. The number of aryl methyl sites for hydroxylation is 1. The van der Waals surface area contributed by atoms with Crippen molar-refractivity contribution in [2.24, 2.45) is 5.73 Å². The summed E-state index contributed by atoms with van der Waals surface area (Å²) in [5.74, 6) is 1.86. The monoisotopic (exact) mass is 242 g/mol. The van der Waals surface area contributed by atoms with Gasteiger partial charge < -0.3 is 10.6 Å². The Morgan fingerprint density at radius 3 is 2.94 bits per heavy atom. The van der Waals surface area contributed by atoms with Gasteiger partial charge in [-0.1, -0.05) is 12.1 Å².